The molecule has 3 rings (SSSR count). The standard InChI is InChI=1S/C17H29N7O2.2C2H6/c1-2-24-15(4-8-21-17(24)25)14-11-13(26-22-14)3-7-20-12-5-9-23(10-6-12)16(18)19;2*1-2/h11-12,15,20H,2-10H2,1H3,(H3,18,19)(H,21,25);2*1-2H3/t15-;;/m0../s1. The highest BCUT2D eigenvalue weighted by Gasteiger charge is 2.30. The summed E-state index contributed by atoms with van der Waals surface area (Å²) in [7, 11) is 0. The zero-order valence-corrected chi connectivity index (χ0v) is 19.3. The van der Waals surface area contributed by atoms with Crippen molar-refractivity contribution >= 4 is 12.0 Å². The van der Waals surface area contributed by atoms with E-state index in [-0.39, 0.29) is 18.0 Å². The zero-order chi connectivity index (χ0) is 22.5. The Kier molecular flexibility index (Phi) is 11.9. The van der Waals surface area contributed by atoms with Crippen molar-refractivity contribution in [3.05, 3.63) is 17.5 Å². The molecule has 5 N–H and O–H groups in total. The molecule has 172 valence electrons. The molecule has 1 atom stereocenters. The second-order valence-electron chi connectivity index (χ2n) is 6.89. The Morgan fingerprint density at radius 3 is 2.57 bits per heavy atom. The van der Waals surface area contributed by atoms with Crippen LogP contribution in [0, 0.1) is 5.41 Å². The average Bonchev–Trinajstić information content (AvgIpc) is 3.25. The molecule has 9 heteroatoms. The van der Waals surface area contributed by atoms with Crippen molar-refractivity contribution in [3.8, 4) is 0 Å². The molecule has 2 aliphatic heterocycles. The van der Waals surface area contributed by atoms with Crippen LogP contribution < -0.4 is 16.4 Å². The molecular formula is C21H41N7O2. The average molecular weight is 424 g/mol. The molecular weight excluding hydrogens is 382 g/mol. The SMILES string of the molecule is CC.CC.CCN1C(=O)NCC[C@H]1c1cc(CCNC2CCN(C(=N)N)CC2)on1. The third kappa shape index (κ3) is 7.19. The van der Waals surface area contributed by atoms with Crippen molar-refractivity contribution < 1.29 is 9.32 Å². The number of rotatable bonds is 6. The van der Waals surface area contributed by atoms with Crippen LogP contribution in [0.2, 0.25) is 0 Å². The molecule has 0 radical (unpaired) electrons. The smallest absolute Gasteiger partial charge is 0.317 e. The van der Waals surface area contributed by atoms with E-state index in [1.54, 1.807) is 4.90 Å². The minimum absolute atomic E-state index is 0.00452. The molecule has 2 amide bonds. The summed E-state index contributed by atoms with van der Waals surface area (Å²) in [6.07, 6.45) is 3.59. The summed E-state index contributed by atoms with van der Waals surface area (Å²) in [5, 5.41) is 18.1. The van der Waals surface area contributed by atoms with Crippen molar-refractivity contribution in [1.29, 1.82) is 5.41 Å². The van der Waals surface area contributed by atoms with E-state index in [4.69, 9.17) is 15.7 Å². The van der Waals surface area contributed by atoms with Crippen LogP contribution >= 0.6 is 0 Å². The number of guanidine groups is 1. The quantitative estimate of drug-likeness (QED) is 0.412. The van der Waals surface area contributed by atoms with Crippen molar-refractivity contribution in [2.75, 3.05) is 32.7 Å². The Hall–Kier alpha value is -2.29. The number of nitrogens with zero attached hydrogens (tertiary/aromatic N) is 3. The monoisotopic (exact) mass is 423 g/mol. The van der Waals surface area contributed by atoms with Crippen LogP contribution in [0.15, 0.2) is 10.6 Å². The van der Waals surface area contributed by atoms with Crippen LogP contribution in [-0.4, -0.2) is 65.7 Å². The number of nitrogens with one attached hydrogen (secondary N) is 3. The molecule has 2 saturated heterocycles. The Labute approximate surface area is 181 Å². The lowest BCUT2D eigenvalue weighted by Gasteiger charge is -2.33. The number of urea groups is 1. The highest BCUT2D eigenvalue weighted by molar-refractivity contribution is 5.75. The van der Waals surface area contributed by atoms with E-state index in [0.29, 0.717) is 19.1 Å². The maximum absolute atomic E-state index is 12.0. The van der Waals surface area contributed by atoms with Gasteiger partial charge in [-0.05, 0) is 26.2 Å². The molecule has 1 aromatic rings. The topological polar surface area (TPSA) is 124 Å². The number of amides is 2. The van der Waals surface area contributed by atoms with Gasteiger partial charge >= 0.3 is 6.03 Å². The molecule has 2 aliphatic rings. The van der Waals surface area contributed by atoms with Gasteiger partial charge in [0, 0.05) is 51.3 Å². The summed E-state index contributed by atoms with van der Waals surface area (Å²) in [5.41, 5.74) is 6.36. The molecule has 30 heavy (non-hydrogen) atoms. The number of hydrogen-bond donors (Lipinski definition) is 4. The van der Waals surface area contributed by atoms with Crippen LogP contribution in [0.5, 0.6) is 0 Å². The Balaban J connectivity index is 0.00000106. The summed E-state index contributed by atoms with van der Waals surface area (Å²) in [6.45, 7) is 13.8. The number of carbonyl (C=O) groups is 1. The minimum Gasteiger partial charge on any atom is -0.370 e. The molecule has 3 heterocycles. The molecule has 0 bridgehead atoms. The first kappa shape index (κ1) is 25.7. The van der Waals surface area contributed by atoms with Gasteiger partial charge in [-0.3, -0.25) is 5.41 Å². The number of likely N-dealkylation sites (tertiary alicyclic amines) is 1. The fourth-order valence-corrected chi connectivity index (χ4v) is 3.71. The fourth-order valence-electron chi connectivity index (χ4n) is 3.71. The lowest BCUT2D eigenvalue weighted by molar-refractivity contribution is 0.155. The van der Waals surface area contributed by atoms with E-state index < -0.39 is 0 Å². The molecule has 0 saturated carbocycles. The Morgan fingerprint density at radius 1 is 1.30 bits per heavy atom. The number of hydrogen-bond acceptors (Lipinski definition) is 5. The van der Waals surface area contributed by atoms with E-state index >= 15 is 0 Å². The lowest BCUT2D eigenvalue weighted by atomic mass is 10.0. The number of nitrogens with two attached hydrogens (primary N) is 1. The first-order valence-electron chi connectivity index (χ1n) is 11.4. The van der Waals surface area contributed by atoms with E-state index in [2.05, 4.69) is 15.8 Å². The van der Waals surface area contributed by atoms with Crippen LogP contribution in [0.3, 0.4) is 0 Å². The summed E-state index contributed by atoms with van der Waals surface area (Å²) >= 11 is 0. The summed E-state index contributed by atoms with van der Waals surface area (Å²) in [5.74, 6) is 1.01. The first-order chi connectivity index (χ1) is 14.6. The zero-order valence-electron chi connectivity index (χ0n) is 19.3. The maximum Gasteiger partial charge on any atom is 0.317 e. The van der Waals surface area contributed by atoms with Crippen molar-refractivity contribution in [1.82, 2.24) is 25.6 Å². The normalized spacial score (nSPS) is 19.2. The third-order valence-corrected chi connectivity index (χ3v) is 5.23. The van der Waals surface area contributed by atoms with Gasteiger partial charge in [-0.2, -0.15) is 0 Å². The largest absolute Gasteiger partial charge is 0.370 e. The van der Waals surface area contributed by atoms with Gasteiger partial charge in [0.1, 0.15) is 11.5 Å². The van der Waals surface area contributed by atoms with E-state index in [0.717, 1.165) is 56.8 Å². The number of piperidine rings is 1. The van der Waals surface area contributed by atoms with Gasteiger partial charge in [0.15, 0.2) is 5.96 Å². The molecule has 9 nitrogen and oxygen atoms in total. The lowest BCUT2D eigenvalue weighted by Crippen LogP contribution is -2.48. The molecule has 1 aromatic heterocycles. The predicted molar refractivity (Wildman–Crippen MR) is 121 cm³/mol. The molecule has 0 aromatic carbocycles. The van der Waals surface area contributed by atoms with Gasteiger partial charge in [0.25, 0.3) is 0 Å². The second kappa shape index (κ2) is 13.8. The van der Waals surface area contributed by atoms with Crippen molar-refractivity contribution in [2.45, 2.75) is 72.4 Å². The molecule has 0 unspecified atom stereocenters. The molecule has 2 fully saturated rings. The Bertz CT molecular complexity index is 627. The third-order valence-electron chi connectivity index (χ3n) is 5.23. The van der Waals surface area contributed by atoms with Crippen LogP contribution in [0.25, 0.3) is 0 Å². The maximum atomic E-state index is 12.0. The van der Waals surface area contributed by atoms with Crippen molar-refractivity contribution in [3.63, 3.8) is 0 Å². The van der Waals surface area contributed by atoms with Gasteiger partial charge in [0.05, 0.1) is 6.04 Å². The molecule has 0 spiro atoms. The van der Waals surface area contributed by atoms with Gasteiger partial charge < -0.3 is 30.7 Å². The van der Waals surface area contributed by atoms with E-state index in [1.807, 2.05) is 45.6 Å². The van der Waals surface area contributed by atoms with Crippen LogP contribution in [0.4, 0.5) is 4.79 Å². The van der Waals surface area contributed by atoms with Gasteiger partial charge in [-0.1, -0.05) is 32.9 Å². The van der Waals surface area contributed by atoms with E-state index in [9.17, 15) is 4.79 Å². The predicted octanol–water partition coefficient (Wildman–Crippen LogP) is 2.69. The highest BCUT2D eigenvalue weighted by Crippen LogP contribution is 2.26. The summed E-state index contributed by atoms with van der Waals surface area (Å²) in [6, 6.07) is 2.39. The van der Waals surface area contributed by atoms with Crippen molar-refractivity contribution in [2.24, 2.45) is 5.73 Å². The minimum atomic E-state index is -0.0353. The second-order valence-corrected chi connectivity index (χ2v) is 6.89. The van der Waals surface area contributed by atoms with Gasteiger partial charge in [0.2, 0.25) is 0 Å². The molecule has 0 aliphatic carbocycles. The number of carbonyl (C=O) groups excluding carboxylic acids is 1. The Morgan fingerprint density at radius 2 is 1.97 bits per heavy atom. The van der Waals surface area contributed by atoms with Gasteiger partial charge in [-0.25, -0.2) is 4.79 Å². The summed E-state index contributed by atoms with van der Waals surface area (Å²) in [4.78, 5) is 15.7. The van der Waals surface area contributed by atoms with E-state index in [1.165, 1.54) is 0 Å². The van der Waals surface area contributed by atoms with Crippen LogP contribution in [-0.2, 0) is 6.42 Å². The highest BCUT2D eigenvalue weighted by atomic mass is 16.5. The summed E-state index contributed by atoms with van der Waals surface area (Å²) < 4.78 is 5.48. The van der Waals surface area contributed by atoms with Gasteiger partial charge in [-0.15, -0.1) is 0 Å². The fraction of sp³-hybridized carbons (Fsp3) is 0.762. The first-order valence-corrected chi connectivity index (χ1v) is 11.4. The van der Waals surface area contributed by atoms with Crippen LogP contribution in [0.1, 0.15) is 71.4 Å². The number of aromatic nitrogens is 1.